The molecule has 0 saturated heterocycles. The van der Waals surface area contributed by atoms with E-state index in [2.05, 4.69) is 43.2 Å². The number of hydrogen-bond donors (Lipinski definition) is 1. The summed E-state index contributed by atoms with van der Waals surface area (Å²) in [5.41, 5.74) is 3.95. The molecule has 4 heteroatoms. The maximum Gasteiger partial charge on any atom is 0.159 e. The van der Waals surface area contributed by atoms with Gasteiger partial charge >= 0.3 is 0 Å². The topological polar surface area (TPSA) is 48.7 Å². The highest BCUT2D eigenvalue weighted by atomic mass is 32.1. The Kier molecular flexibility index (Phi) is 3.35. The maximum atomic E-state index is 8.99. The van der Waals surface area contributed by atoms with Crippen molar-refractivity contribution < 1.29 is 0 Å². The van der Waals surface area contributed by atoms with Crippen molar-refractivity contribution in [1.29, 1.82) is 5.26 Å². The fraction of sp³-hybridized carbons (Fsp3) is 0.286. The van der Waals surface area contributed by atoms with E-state index >= 15 is 0 Å². The minimum Gasteiger partial charge on any atom is -0.338 e. The van der Waals surface area contributed by atoms with E-state index in [-0.39, 0.29) is 5.41 Å². The summed E-state index contributed by atoms with van der Waals surface area (Å²) < 4.78 is 0. The van der Waals surface area contributed by atoms with Crippen molar-refractivity contribution in [2.75, 3.05) is 5.32 Å². The highest BCUT2D eigenvalue weighted by molar-refractivity contribution is 7.10. The van der Waals surface area contributed by atoms with Crippen molar-refractivity contribution in [2.24, 2.45) is 0 Å². The van der Waals surface area contributed by atoms with Crippen molar-refractivity contribution in [3.05, 3.63) is 40.2 Å². The van der Waals surface area contributed by atoms with Gasteiger partial charge in [-0.05, 0) is 17.0 Å². The first-order valence-corrected chi connectivity index (χ1v) is 6.60. The maximum absolute atomic E-state index is 8.99. The van der Waals surface area contributed by atoms with E-state index < -0.39 is 0 Å². The first kappa shape index (κ1) is 12.6. The lowest BCUT2D eigenvalue weighted by Crippen LogP contribution is -2.13. The van der Waals surface area contributed by atoms with Gasteiger partial charge in [0.05, 0.1) is 5.51 Å². The number of thiazole rings is 1. The van der Waals surface area contributed by atoms with Gasteiger partial charge in [0, 0.05) is 5.69 Å². The van der Waals surface area contributed by atoms with Gasteiger partial charge < -0.3 is 5.32 Å². The van der Waals surface area contributed by atoms with E-state index in [1.165, 1.54) is 16.9 Å². The van der Waals surface area contributed by atoms with Gasteiger partial charge in [0.25, 0.3) is 0 Å². The highest BCUT2D eigenvalue weighted by Gasteiger charge is 2.18. The van der Waals surface area contributed by atoms with Crippen LogP contribution in [0.3, 0.4) is 0 Å². The van der Waals surface area contributed by atoms with Gasteiger partial charge in [-0.2, -0.15) is 5.26 Å². The average Bonchev–Trinajstić information content (AvgIpc) is 2.75. The average molecular weight is 257 g/mol. The zero-order chi connectivity index (χ0) is 13.2. The molecule has 0 atom stereocenters. The third kappa shape index (κ3) is 2.52. The van der Waals surface area contributed by atoms with Crippen LogP contribution in [0.4, 0.5) is 11.5 Å². The van der Waals surface area contributed by atoms with Gasteiger partial charge in [-0.3, -0.25) is 0 Å². The van der Waals surface area contributed by atoms with Crippen molar-refractivity contribution in [3.63, 3.8) is 0 Å². The number of benzene rings is 1. The zero-order valence-electron chi connectivity index (χ0n) is 10.7. The molecule has 0 saturated carbocycles. The van der Waals surface area contributed by atoms with Crippen LogP contribution in [0.25, 0.3) is 0 Å². The Hall–Kier alpha value is -1.86. The molecule has 1 N–H and O–H groups in total. The number of nitriles is 1. The van der Waals surface area contributed by atoms with Gasteiger partial charge in [-0.15, -0.1) is 11.3 Å². The molecule has 92 valence electrons. The Labute approximate surface area is 111 Å². The van der Waals surface area contributed by atoms with Crippen LogP contribution in [-0.2, 0) is 5.41 Å². The summed E-state index contributed by atoms with van der Waals surface area (Å²) in [5, 5.41) is 12.3. The van der Waals surface area contributed by atoms with Crippen molar-refractivity contribution in [2.45, 2.75) is 26.2 Å². The van der Waals surface area contributed by atoms with Crippen LogP contribution >= 0.6 is 11.3 Å². The van der Waals surface area contributed by atoms with Gasteiger partial charge in [0.15, 0.2) is 5.82 Å². The van der Waals surface area contributed by atoms with Gasteiger partial charge in [0.2, 0.25) is 0 Å². The Morgan fingerprint density at radius 1 is 1.28 bits per heavy atom. The molecule has 1 aromatic heterocycles. The summed E-state index contributed by atoms with van der Waals surface area (Å²) in [6.45, 7) is 6.50. The lowest BCUT2D eigenvalue weighted by Gasteiger charge is -2.23. The van der Waals surface area contributed by atoms with E-state index in [4.69, 9.17) is 5.26 Å². The summed E-state index contributed by atoms with van der Waals surface area (Å²) in [4.78, 5) is 4.80. The molecule has 3 nitrogen and oxygen atoms in total. The predicted molar refractivity (Wildman–Crippen MR) is 75.3 cm³/mol. The van der Waals surface area contributed by atoms with E-state index in [1.807, 2.05) is 18.2 Å². The monoisotopic (exact) mass is 257 g/mol. The molecule has 2 aromatic rings. The molecule has 18 heavy (non-hydrogen) atoms. The largest absolute Gasteiger partial charge is 0.338 e. The van der Waals surface area contributed by atoms with Crippen molar-refractivity contribution >= 4 is 22.8 Å². The van der Waals surface area contributed by atoms with Crippen LogP contribution in [0, 0.1) is 11.3 Å². The van der Waals surface area contributed by atoms with Crippen LogP contribution < -0.4 is 5.32 Å². The lowest BCUT2D eigenvalue weighted by atomic mass is 9.86. The molecule has 0 radical (unpaired) electrons. The van der Waals surface area contributed by atoms with Gasteiger partial charge in [-0.1, -0.05) is 39.0 Å². The molecule has 1 aromatic carbocycles. The number of rotatable bonds is 2. The van der Waals surface area contributed by atoms with E-state index in [1.54, 1.807) is 5.51 Å². The molecule has 0 bridgehead atoms. The van der Waals surface area contributed by atoms with Crippen LogP contribution in [0.2, 0.25) is 0 Å². The molecular weight excluding hydrogens is 242 g/mol. The summed E-state index contributed by atoms with van der Waals surface area (Å²) in [5.74, 6) is 0.638. The summed E-state index contributed by atoms with van der Waals surface area (Å²) in [6, 6.07) is 10.3. The van der Waals surface area contributed by atoms with Crippen LogP contribution in [0.5, 0.6) is 0 Å². The summed E-state index contributed by atoms with van der Waals surface area (Å²) in [7, 11) is 0. The van der Waals surface area contributed by atoms with Gasteiger partial charge in [0.1, 0.15) is 10.9 Å². The second-order valence-corrected chi connectivity index (χ2v) is 5.92. The van der Waals surface area contributed by atoms with Crippen molar-refractivity contribution in [3.8, 4) is 6.07 Å². The van der Waals surface area contributed by atoms with Crippen molar-refractivity contribution in [1.82, 2.24) is 4.98 Å². The van der Waals surface area contributed by atoms with Crippen LogP contribution in [0.1, 0.15) is 31.2 Å². The van der Waals surface area contributed by atoms with Crippen LogP contribution in [-0.4, -0.2) is 4.98 Å². The van der Waals surface area contributed by atoms with Crippen LogP contribution in [0.15, 0.2) is 29.8 Å². The zero-order valence-corrected chi connectivity index (χ0v) is 11.5. The fourth-order valence-electron chi connectivity index (χ4n) is 1.79. The standard InChI is InChI=1S/C14H15N3S/c1-14(2,3)10-6-4-5-7-11(10)17-13-12(8-15)18-9-16-13/h4-7,9,17H,1-3H3. The second kappa shape index (κ2) is 4.79. The summed E-state index contributed by atoms with van der Waals surface area (Å²) >= 11 is 1.35. The molecule has 1 heterocycles. The molecule has 0 fully saturated rings. The number of hydrogen-bond acceptors (Lipinski definition) is 4. The van der Waals surface area contributed by atoms with E-state index in [9.17, 15) is 0 Å². The fourth-order valence-corrected chi connectivity index (χ4v) is 2.32. The first-order valence-electron chi connectivity index (χ1n) is 5.72. The lowest BCUT2D eigenvalue weighted by molar-refractivity contribution is 0.592. The Balaban J connectivity index is 2.39. The molecule has 2 rings (SSSR count). The Morgan fingerprint density at radius 3 is 2.67 bits per heavy atom. The smallest absolute Gasteiger partial charge is 0.159 e. The Morgan fingerprint density at radius 2 is 2.00 bits per heavy atom. The van der Waals surface area contributed by atoms with E-state index in [0.29, 0.717) is 10.7 Å². The number of nitrogens with zero attached hydrogens (tertiary/aromatic N) is 2. The second-order valence-electron chi connectivity index (χ2n) is 5.06. The number of anilines is 2. The van der Waals surface area contributed by atoms with Gasteiger partial charge in [-0.25, -0.2) is 4.98 Å². The molecule has 0 aliphatic heterocycles. The predicted octanol–water partition coefficient (Wildman–Crippen LogP) is 4.06. The molecular formula is C14H15N3S. The third-order valence-corrected chi connectivity index (χ3v) is 3.39. The minimum atomic E-state index is 0.0480. The third-order valence-electron chi connectivity index (χ3n) is 2.66. The molecule has 0 amide bonds. The first-order chi connectivity index (χ1) is 8.52. The minimum absolute atomic E-state index is 0.0480. The number of aromatic nitrogens is 1. The highest BCUT2D eigenvalue weighted by Crippen LogP contribution is 2.32. The SMILES string of the molecule is CC(C)(C)c1ccccc1Nc1ncsc1C#N. The van der Waals surface area contributed by atoms with E-state index in [0.717, 1.165) is 5.69 Å². The molecule has 0 spiro atoms. The summed E-state index contributed by atoms with van der Waals surface area (Å²) in [6.07, 6.45) is 0. The molecule has 0 aliphatic carbocycles. The Bertz CT molecular complexity index is 588. The molecule has 0 aliphatic rings. The quantitative estimate of drug-likeness (QED) is 0.882. The number of para-hydroxylation sites is 1. The molecule has 0 unspecified atom stereocenters. The number of nitrogens with one attached hydrogen (secondary N) is 1. The normalized spacial score (nSPS) is 11.0.